The van der Waals surface area contributed by atoms with Gasteiger partial charge in [-0.3, -0.25) is 0 Å². The van der Waals surface area contributed by atoms with Gasteiger partial charge in [0.2, 0.25) is 0 Å². The van der Waals surface area contributed by atoms with Crippen molar-refractivity contribution in [3.05, 3.63) is 113 Å². The van der Waals surface area contributed by atoms with Gasteiger partial charge in [-0.1, -0.05) is 90.6 Å². The lowest BCUT2D eigenvalue weighted by atomic mass is 9.67. The average molecular weight is 375 g/mol. The summed E-state index contributed by atoms with van der Waals surface area (Å²) < 4.78 is 0. The SMILES string of the molecule is O[B]c1cccc2c1-c1ccccc1C21c2ccccc2Sc2ccccc21. The van der Waals surface area contributed by atoms with Gasteiger partial charge in [-0.2, -0.15) is 0 Å². The number of benzene rings is 4. The van der Waals surface area contributed by atoms with Crippen molar-refractivity contribution in [2.45, 2.75) is 15.2 Å². The summed E-state index contributed by atoms with van der Waals surface area (Å²) in [6, 6.07) is 32.4. The Labute approximate surface area is 169 Å². The van der Waals surface area contributed by atoms with Gasteiger partial charge in [0.1, 0.15) is 0 Å². The third-order valence-corrected chi connectivity index (χ3v) is 7.19. The highest BCUT2D eigenvalue weighted by Gasteiger charge is 2.50. The first-order valence-corrected chi connectivity index (χ1v) is 10.2. The van der Waals surface area contributed by atoms with E-state index < -0.39 is 0 Å². The van der Waals surface area contributed by atoms with Gasteiger partial charge in [-0.15, -0.1) is 0 Å². The van der Waals surface area contributed by atoms with E-state index in [0.29, 0.717) is 0 Å². The van der Waals surface area contributed by atoms with Crippen molar-refractivity contribution in [3.8, 4) is 11.1 Å². The fourth-order valence-electron chi connectivity index (χ4n) is 5.04. The van der Waals surface area contributed by atoms with Crippen LogP contribution in [0.15, 0.2) is 101 Å². The fraction of sp³-hybridized carbons (Fsp3) is 0.0400. The van der Waals surface area contributed by atoms with Crippen LogP contribution in [0.5, 0.6) is 0 Å². The second-order valence-corrected chi connectivity index (χ2v) is 8.37. The molecule has 3 heteroatoms. The van der Waals surface area contributed by atoms with E-state index in [1.165, 1.54) is 45.1 Å². The summed E-state index contributed by atoms with van der Waals surface area (Å²) in [5.74, 6) is 0. The lowest BCUT2D eigenvalue weighted by molar-refractivity contribution is 0.615. The second-order valence-electron chi connectivity index (χ2n) is 7.29. The molecule has 1 nitrogen and oxygen atoms in total. The Morgan fingerprint density at radius 1 is 0.607 bits per heavy atom. The molecule has 4 aromatic carbocycles. The lowest BCUT2D eigenvalue weighted by Gasteiger charge is -2.39. The highest BCUT2D eigenvalue weighted by atomic mass is 32.2. The van der Waals surface area contributed by atoms with Crippen LogP contribution >= 0.6 is 11.8 Å². The summed E-state index contributed by atoms with van der Waals surface area (Å²) in [7, 11) is 1.24. The van der Waals surface area contributed by atoms with Crippen LogP contribution < -0.4 is 5.46 Å². The molecule has 0 amide bonds. The first kappa shape index (κ1) is 16.2. The van der Waals surface area contributed by atoms with Crippen LogP contribution in [0.4, 0.5) is 0 Å². The van der Waals surface area contributed by atoms with Crippen molar-refractivity contribution in [2.75, 3.05) is 0 Å². The molecule has 1 radical (unpaired) electrons. The Hall–Kier alpha value is -2.75. The Balaban J connectivity index is 1.86. The zero-order chi connectivity index (χ0) is 18.7. The van der Waals surface area contributed by atoms with Crippen LogP contribution in [0.25, 0.3) is 11.1 Å². The maximum atomic E-state index is 9.98. The van der Waals surface area contributed by atoms with E-state index in [-0.39, 0.29) is 5.41 Å². The molecule has 4 aromatic rings. The number of rotatable bonds is 1. The summed E-state index contributed by atoms with van der Waals surface area (Å²) in [4.78, 5) is 2.59. The molecule has 6 rings (SSSR count). The van der Waals surface area contributed by atoms with E-state index in [1.807, 2.05) is 17.8 Å². The molecule has 2 aliphatic rings. The van der Waals surface area contributed by atoms with Crippen LogP contribution in [0.2, 0.25) is 0 Å². The Morgan fingerprint density at radius 2 is 1.18 bits per heavy atom. The fourth-order valence-corrected chi connectivity index (χ4v) is 6.23. The van der Waals surface area contributed by atoms with Crippen LogP contribution in [0, 0.1) is 0 Å². The first-order valence-electron chi connectivity index (χ1n) is 9.43. The molecule has 0 saturated heterocycles. The van der Waals surface area contributed by atoms with Gasteiger partial charge >= 0.3 is 7.48 Å². The third kappa shape index (κ3) is 1.88. The van der Waals surface area contributed by atoms with Crippen molar-refractivity contribution in [1.82, 2.24) is 0 Å². The highest BCUT2D eigenvalue weighted by molar-refractivity contribution is 7.99. The molecule has 1 aliphatic heterocycles. The molecule has 28 heavy (non-hydrogen) atoms. The van der Waals surface area contributed by atoms with E-state index in [9.17, 15) is 5.02 Å². The van der Waals surface area contributed by atoms with Gasteiger partial charge in [-0.25, -0.2) is 0 Å². The molecule has 0 bridgehead atoms. The summed E-state index contributed by atoms with van der Waals surface area (Å²) in [6.07, 6.45) is 0. The van der Waals surface area contributed by atoms with E-state index in [1.54, 1.807) is 0 Å². The molecule has 1 spiro atoms. The molecule has 0 unspecified atom stereocenters. The second kappa shape index (κ2) is 5.87. The number of fused-ring (bicyclic) bond motifs is 9. The Bertz CT molecular complexity index is 1200. The number of hydrogen-bond donors (Lipinski definition) is 1. The standard InChI is InChI=1S/C25H16BOS/c27-26-21-13-7-12-20-24(21)16-8-1-2-9-17(16)25(20)18-10-3-5-14-22(18)28-23-15-6-4-11-19(23)25/h1-15,27H. The van der Waals surface area contributed by atoms with Gasteiger partial charge in [0, 0.05) is 9.79 Å². The van der Waals surface area contributed by atoms with Crippen molar-refractivity contribution in [2.24, 2.45) is 0 Å². The molecule has 1 N–H and O–H groups in total. The quantitative estimate of drug-likeness (QED) is 0.419. The molecule has 0 saturated carbocycles. The van der Waals surface area contributed by atoms with Crippen LogP contribution in [0.1, 0.15) is 22.3 Å². The van der Waals surface area contributed by atoms with Crippen LogP contribution in [-0.4, -0.2) is 12.5 Å². The van der Waals surface area contributed by atoms with Crippen LogP contribution in [-0.2, 0) is 5.41 Å². The molecule has 0 fully saturated rings. The van der Waals surface area contributed by atoms with E-state index >= 15 is 0 Å². The summed E-state index contributed by atoms with van der Waals surface area (Å²) in [6.45, 7) is 0. The van der Waals surface area contributed by atoms with Crippen molar-refractivity contribution in [1.29, 1.82) is 0 Å². The minimum atomic E-state index is -0.358. The van der Waals surface area contributed by atoms with E-state index in [0.717, 1.165) is 11.0 Å². The summed E-state index contributed by atoms with van der Waals surface area (Å²) in [5.41, 5.74) is 8.03. The first-order chi connectivity index (χ1) is 13.9. The molecule has 1 aliphatic carbocycles. The van der Waals surface area contributed by atoms with Crippen molar-refractivity contribution >= 4 is 24.7 Å². The third-order valence-electron chi connectivity index (χ3n) is 6.04. The maximum Gasteiger partial charge on any atom is 0.327 e. The monoisotopic (exact) mass is 375 g/mol. The van der Waals surface area contributed by atoms with Crippen LogP contribution in [0.3, 0.4) is 0 Å². The topological polar surface area (TPSA) is 20.2 Å². The van der Waals surface area contributed by atoms with E-state index in [2.05, 4.69) is 84.9 Å². The van der Waals surface area contributed by atoms with Gasteiger partial charge in [0.05, 0.1) is 5.41 Å². The lowest BCUT2D eigenvalue weighted by Crippen LogP contribution is -2.32. The summed E-state index contributed by atoms with van der Waals surface area (Å²) >= 11 is 1.85. The Morgan fingerprint density at radius 3 is 1.86 bits per heavy atom. The van der Waals surface area contributed by atoms with Gasteiger partial charge in [0.15, 0.2) is 0 Å². The van der Waals surface area contributed by atoms with Gasteiger partial charge < -0.3 is 5.02 Å². The molecule has 0 atom stereocenters. The largest absolute Gasteiger partial charge is 0.450 e. The molecule has 131 valence electrons. The van der Waals surface area contributed by atoms with Gasteiger partial charge in [0.25, 0.3) is 0 Å². The smallest absolute Gasteiger partial charge is 0.327 e. The zero-order valence-electron chi connectivity index (χ0n) is 15.1. The summed E-state index contributed by atoms with van der Waals surface area (Å²) in [5, 5.41) is 9.98. The van der Waals surface area contributed by atoms with Crippen molar-refractivity contribution < 1.29 is 5.02 Å². The minimum Gasteiger partial charge on any atom is -0.450 e. The maximum absolute atomic E-state index is 9.98. The highest BCUT2D eigenvalue weighted by Crippen LogP contribution is 2.61. The number of hydrogen-bond acceptors (Lipinski definition) is 2. The zero-order valence-corrected chi connectivity index (χ0v) is 15.9. The normalized spacial score (nSPS) is 14.8. The van der Waals surface area contributed by atoms with Crippen molar-refractivity contribution in [3.63, 3.8) is 0 Å². The predicted molar refractivity (Wildman–Crippen MR) is 115 cm³/mol. The molecule has 0 aromatic heterocycles. The van der Waals surface area contributed by atoms with E-state index in [4.69, 9.17) is 0 Å². The predicted octanol–water partition coefficient (Wildman–Crippen LogP) is 4.75. The molecular weight excluding hydrogens is 359 g/mol. The van der Waals surface area contributed by atoms with Gasteiger partial charge in [-0.05, 0) is 51.0 Å². The average Bonchev–Trinajstić information content (AvgIpc) is 3.06. The molecule has 1 heterocycles. The molecular formula is C25H16BOS. The Kier molecular flexibility index (Phi) is 3.41. The minimum absolute atomic E-state index is 0.358.